The summed E-state index contributed by atoms with van der Waals surface area (Å²) in [7, 11) is -10.0. The van der Waals surface area contributed by atoms with E-state index in [9.17, 15) is 43.2 Å². The number of esters is 4. The Morgan fingerprint density at radius 3 is 0.840 bits per heavy atom. The number of carbonyl (C=O) groups excluding carboxylic acids is 4. The van der Waals surface area contributed by atoms with Gasteiger partial charge < -0.3 is 33.8 Å². The maximum atomic E-state index is 13.1. The van der Waals surface area contributed by atoms with Gasteiger partial charge in [-0.2, -0.15) is 0 Å². The maximum Gasteiger partial charge on any atom is 0.472 e. The Kier molecular flexibility index (Phi) is 71.8. The number of unbranched alkanes of at least 4 members (excludes halogenated alkanes) is 9. The van der Waals surface area contributed by atoms with Crippen molar-refractivity contribution >= 4 is 39.5 Å². The first kappa shape index (κ1) is 99.4. The van der Waals surface area contributed by atoms with Crippen molar-refractivity contribution in [2.45, 2.75) is 264 Å². The fourth-order valence-electron chi connectivity index (χ4n) is 9.19. The van der Waals surface area contributed by atoms with Gasteiger partial charge in [0.25, 0.3) is 0 Å². The fraction of sp³-hybridized carbons (Fsp3) is 0.540. The molecule has 5 atom stereocenters. The zero-order valence-electron chi connectivity index (χ0n) is 64.8. The van der Waals surface area contributed by atoms with Gasteiger partial charge >= 0.3 is 39.5 Å². The van der Waals surface area contributed by atoms with E-state index in [2.05, 4.69) is 210 Å². The second-order valence-electron chi connectivity index (χ2n) is 24.8. The number of rotatable bonds is 70. The lowest BCUT2D eigenvalue weighted by atomic mass is 10.1. The van der Waals surface area contributed by atoms with Crippen LogP contribution < -0.4 is 0 Å². The van der Waals surface area contributed by atoms with E-state index >= 15 is 0 Å². The number of hydrogen-bond donors (Lipinski definition) is 3. The minimum atomic E-state index is -5.03. The van der Waals surface area contributed by atoms with E-state index < -0.39 is 97.5 Å². The van der Waals surface area contributed by atoms with Gasteiger partial charge in [-0.15, -0.1) is 0 Å². The molecular formula is C87H134O17P2. The first-order valence-corrected chi connectivity index (χ1v) is 42.0. The van der Waals surface area contributed by atoms with Crippen LogP contribution in [0.15, 0.2) is 219 Å². The molecule has 0 fully saturated rings. The van der Waals surface area contributed by atoms with Gasteiger partial charge in [0.1, 0.15) is 19.3 Å². The van der Waals surface area contributed by atoms with Gasteiger partial charge in [0.15, 0.2) is 12.2 Å². The molecule has 0 saturated heterocycles. The highest BCUT2D eigenvalue weighted by molar-refractivity contribution is 7.47. The van der Waals surface area contributed by atoms with Crippen LogP contribution in [0.3, 0.4) is 0 Å². The third-order valence-electron chi connectivity index (χ3n) is 15.0. The van der Waals surface area contributed by atoms with Gasteiger partial charge in [-0.1, -0.05) is 272 Å². The topological polar surface area (TPSA) is 237 Å². The van der Waals surface area contributed by atoms with Crippen LogP contribution in [-0.4, -0.2) is 96.7 Å². The number of aliphatic hydroxyl groups is 1. The summed E-state index contributed by atoms with van der Waals surface area (Å²) >= 11 is 0. The molecule has 19 heteroatoms. The van der Waals surface area contributed by atoms with Crippen LogP contribution in [0.4, 0.5) is 0 Å². The smallest absolute Gasteiger partial charge is 0.462 e. The molecule has 0 aromatic carbocycles. The Balaban J connectivity index is 5.55. The van der Waals surface area contributed by atoms with Gasteiger partial charge in [-0.25, -0.2) is 9.13 Å². The number of hydrogen-bond acceptors (Lipinski definition) is 15. The van der Waals surface area contributed by atoms with Crippen LogP contribution in [0.1, 0.15) is 246 Å². The molecule has 0 rings (SSSR count). The molecule has 3 N–H and O–H groups in total. The van der Waals surface area contributed by atoms with Gasteiger partial charge in [0.2, 0.25) is 0 Å². The van der Waals surface area contributed by atoms with Gasteiger partial charge in [-0.3, -0.25) is 37.3 Å². The predicted octanol–water partition coefficient (Wildman–Crippen LogP) is 22.9. The normalized spacial score (nSPS) is 15.0. The molecule has 0 amide bonds. The minimum absolute atomic E-state index is 0.0532. The van der Waals surface area contributed by atoms with E-state index in [4.69, 9.17) is 37.0 Å². The van der Waals surface area contributed by atoms with Crippen LogP contribution in [-0.2, 0) is 65.4 Å². The van der Waals surface area contributed by atoms with E-state index in [1.807, 2.05) is 24.3 Å². The molecule has 0 heterocycles. The zero-order valence-corrected chi connectivity index (χ0v) is 66.5. The van der Waals surface area contributed by atoms with Crippen LogP contribution in [0.5, 0.6) is 0 Å². The number of aliphatic hydroxyl groups excluding tert-OH is 1. The largest absolute Gasteiger partial charge is 0.472 e. The number of ether oxygens (including phenoxy) is 4. The maximum absolute atomic E-state index is 13.1. The quantitative estimate of drug-likeness (QED) is 0.0169. The highest BCUT2D eigenvalue weighted by Crippen LogP contribution is 2.45. The van der Waals surface area contributed by atoms with Crippen molar-refractivity contribution in [3.05, 3.63) is 219 Å². The van der Waals surface area contributed by atoms with Crippen molar-refractivity contribution in [1.29, 1.82) is 0 Å². The summed E-state index contributed by atoms with van der Waals surface area (Å²) in [6.45, 7) is 4.13. The molecule has 106 heavy (non-hydrogen) atoms. The van der Waals surface area contributed by atoms with Crippen molar-refractivity contribution < 1.29 is 80.2 Å². The molecule has 0 aliphatic carbocycles. The molecule has 0 saturated carbocycles. The standard InChI is InChI=1S/C87H134O17P2/c1-5-9-13-17-21-25-29-33-37-39-40-42-46-48-52-56-60-64-68-72-85(90)98-78-83(104-87(92)74-70-66-62-58-54-50-44-36-32-28-24-20-16-12-8-4)80-102-106(95,96)100-76-81(88)75-99-105(93,94)101-79-82(103-86(91)73-69-65-61-57-53-49-43-35-31-27-23-19-15-11-7-3)77-97-84(89)71-67-63-59-55-51-47-45-41-38-34-30-26-22-18-14-10-6-2/h9-16,21-28,33-38,40,42-45,47-48,52-53,55,57,59,65,69,81-83,88H,5-8,17-20,29-32,39,41,46,49-51,54,56,58,60-64,66-68,70-80H2,1-4H3,(H,93,94)(H,95,96)/b13-9-,14-10-,15-11-,16-12-,25-21-,26-22-,27-23-,28-24-,37-33-,38-34-,42-40-,43-35-,44-36-,47-45-,52-48-,57-53-,59-55-,69-65-. The van der Waals surface area contributed by atoms with E-state index in [1.165, 1.54) is 0 Å². The zero-order chi connectivity index (χ0) is 77.4. The molecule has 0 aliphatic heterocycles. The van der Waals surface area contributed by atoms with Crippen molar-refractivity contribution in [3.8, 4) is 0 Å². The number of allylic oxidation sites excluding steroid dienone is 35. The van der Waals surface area contributed by atoms with Crippen molar-refractivity contribution in [3.63, 3.8) is 0 Å². The number of phosphoric acid groups is 2. The van der Waals surface area contributed by atoms with Crippen molar-refractivity contribution in [2.75, 3.05) is 39.6 Å². The van der Waals surface area contributed by atoms with Crippen molar-refractivity contribution in [2.24, 2.45) is 0 Å². The van der Waals surface area contributed by atoms with Gasteiger partial charge in [0, 0.05) is 19.3 Å². The second kappa shape index (κ2) is 76.6. The highest BCUT2D eigenvalue weighted by atomic mass is 31.2. The number of carbonyl (C=O) groups is 4. The molecule has 0 aromatic heterocycles. The molecule has 594 valence electrons. The fourth-order valence-corrected chi connectivity index (χ4v) is 10.8. The molecule has 0 aliphatic rings. The summed E-state index contributed by atoms with van der Waals surface area (Å²) in [6.07, 6.45) is 96.8. The summed E-state index contributed by atoms with van der Waals surface area (Å²) in [5.41, 5.74) is 0. The Hall–Kier alpha value is -6.62. The average molecular weight is 1510 g/mol. The minimum Gasteiger partial charge on any atom is -0.462 e. The Bertz CT molecular complexity index is 2880. The molecule has 17 nitrogen and oxygen atoms in total. The average Bonchev–Trinajstić information content (AvgIpc) is 0.909. The lowest BCUT2D eigenvalue weighted by Gasteiger charge is -2.21. The summed E-state index contributed by atoms with van der Waals surface area (Å²) in [5, 5.41) is 10.6. The first-order valence-electron chi connectivity index (χ1n) is 39.0. The van der Waals surface area contributed by atoms with Crippen molar-refractivity contribution in [1.82, 2.24) is 0 Å². The van der Waals surface area contributed by atoms with Crippen LogP contribution >= 0.6 is 15.6 Å². The molecular weight excluding hydrogens is 1380 g/mol. The monoisotopic (exact) mass is 1510 g/mol. The SMILES string of the molecule is CC/C=C\C/C=C\C/C=C\C/C=C\C/C=C\CCCCCC(=O)OCC(COP(=O)(O)OCC(O)COP(=O)(O)OCC(COC(=O)CCC/C=C\C/C=C\C/C=C\C/C=C\C/C=C\CC)OC(=O)C/C=C\C/C=C\C/C=C\C/C=C\C/C=C\CC)OC(=O)CCCCCCC/C=C\C/C=C\C/C=C\CC. The second-order valence-corrected chi connectivity index (χ2v) is 27.7. The molecule has 0 aromatic rings. The van der Waals surface area contributed by atoms with Gasteiger partial charge in [-0.05, 0) is 167 Å². The first-order chi connectivity index (χ1) is 51.7. The summed E-state index contributed by atoms with van der Waals surface area (Å²) in [6, 6.07) is 0. The Morgan fingerprint density at radius 1 is 0.274 bits per heavy atom. The Labute approximate surface area is 639 Å². The molecule has 5 unspecified atom stereocenters. The van der Waals surface area contributed by atoms with E-state index in [0.717, 1.165) is 161 Å². The lowest BCUT2D eigenvalue weighted by molar-refractivity contribution is -0.161. The molecule has 0 radical (unpaired) electrons. The summed E-state index contributed by atoms with van der Waals surface area (Å²) in [4.78, 5) is 72.9. The molecule has 0 spiro atoms. The van der Waals surface area contributed by atoms with E-state index in [-0.39, 0.29) is 25.7 Å². The summed E-state index contributed by atoms with van der Waals surface area (Å²) < 4.78 is 68.3. The van der Waals surface area contributed by atoms with E-state index in [1.54, 1.807) is 12.2 Å². The van der Waals surface area contributed by atoms with E-state index in [0.29, 0.717) is 32.1 Å². The van der Waals surface area contributed by atoms with Crippen LogP contribution in [0, 0.1) is 0 Å². The Morgan fingerprint density at radius 2 is 0.509 bits per heavy atom. The van der Waals surface area contributed by atoms with Crippen LogP contribution in [0.25, 0.3) is 0 Å². The molecule has 0 bridgehead atoms. The third kappa shape index (κ3) is 75.6. The lowest BCUT2D eigenvalue weighted by Crippen LogP contribution is -2.30. The predicted molar refractivity (Wildman–Crippen MR) is 435 cm³/mol. The number of phosphoric ester groups is 2. The highest BCUT2D eigenvalue weighted by Gasteiger charge is 2.30. The van der Waals surface area contributed by atoms with Gasteiger partial charge in [0.05, 0.1) is 32.8 Å². The summed E-state index contributed by atoms with van der Waals surface area (Å²) in [5.74, 6) is -2.48. The van der Waals surface area contributed by atoms with Crippen LogP contribution in [0.2, 0.25) is 0 Å². The third-order valence-corrected chi connectivity index (χ3v) is 16.9.